The van der Waals surface area contributed by atoms with Gasteiger partial charge in [0.05, 0.1) is 25.6 Å². The van der Waals surface area contributed by atoms with Gasteiger partial charge in [0.1, 0.15) is 25.3 Å². The maximum atomic E-state index is 12.3. The minimum absolute atomic E-state index is 0.0882. The zero-order valence-electron chi connectivity index (χ0n) is 25.2. The molecule has 10 nitrogen and oxygen atoms in total. The molecule has 0 aliphatic heterocycles. The van der Waals surface area contributed by atoms with Crippen molar-refractivity contribution < 1.29 is 38.1 Å². The second kappa shape index (κ2) is 16.4. The maximum absolute atomic E-state index is 12.3. The summed E-state index contributed by atoms with van der Waals surface area (Å²) < 4.78 is 19.3. The molecule has 2 atom stereocenters. The van der Waals surface area contributed by atoms with Gasteiger partial charge in [0.25, 0.3) is 11.8 Å². The van der Waals surface area contributed by atoms with Gasteiger partial charge >= 0.3 is 11.9 Å². The van der Waals surface area contributed by atoms with Gasteiger partial charge in [0.15, 0.2) is 0 Å². The zero-order valence-corrected chi connectivity index (χ0v) is 25.2. The third-order valence-electron chi connectivity index (χ3n) is 6.29. The average molecular weight is 559 g/mol. The van der Waals surface area contributed by atoms with Crippen LogP contribution in [0.4, 0.5) is 11.4 Å². The summed E-state index contributed by atoms with van der Waals surface area (Å²) >= 11 is 0. The number of rotatable bonds is 10. The fourth-order valence-corrected chi connectivity index (χ4v) is 4.38. The summed E-state index contributed by atoms with van der Waals surface area (Å²) in [5, 5.41) is 0. The van der Waals surface area contributed by atoms with Crippen LogP contribution in [0.1, 0.15) is 36.1 Å². The lowest BCUT2D eigenvalue weighted by Gasteiger charge is -2.30. The van der Waals surface area contributed by atoms with Crippen LogP contribution in [0.15, 0.2) is 36.4 Å². The van der Waals surface area contributed by atoms with E-state index >= 15 is 0 Å². The van der Waals surface area contributed by atoms with Crippen molar-refractivity contribution >= 4 is 35.1 Å². The monoisotopic (exact) mass is 558 g/mol. The van der Waals surface area contributed by atoms with Gasteiger partial charge in [-0.2, -0.15) is 0 Å². The quantitative estimate of drug-likeness (QED) is 0.406. The Labute approximate surface area is 237 Å². The van der Waals surface area contributed by atoms with Gasteiger partial charge in [0.2, 0.25) is 0 Å². The molecular weight excluding hydrogens is 516 g/mol. The SMILES string of the molecule is COCC(=O)N(c1c(C)cccc1C)C(C)C(=O)OC.COCC(=O)N(c1c(C)cccc1C)[C@H](C)C(=O)OC. The first-order valence-corrected chi connectivity index (χ1v) is 12.8. The van der Waals surface area contributed by atoms with E-state index in [9.17, 15) is 19.2 Å². The van der Waals surface area contributed by atoms with E-state index in [-0.39, 0.29) is 25.0 Å². The first-order valence-electron chi connectivity index (χ1n) is 12.8. The number of esters is 2. The van der Waals surface area contributed by atoms with Crippen molar-refractivity contribution in [3.63, 3.8) is 0 Å². The van der Waals surface area contributed by atoms with Crippen molar-refractivity contribution in [3.8, 4) is 0 Å². The number of carbonyl (C=O) groups is 4. The summed E-state index contributed by atoms with van der Waals surface area (Å²) in [5.41, 5.74) is 5.14. The van der Waals surface area contributed by atoms with Gasteiger partial charge in [-0.05, 0) is 63.8 Å². The molecule has 0 saturated heterocycles. The largest absolute Gasteiger partial charge is 0.467 e. The number of hydrogen-bond acceptors (Lipinski definition) is 8. The van der Waals surface area contributed by atoms with Crippen molar-refractivity contribution in [2.45, 2.75) is 53.6 Å². The van der Waals surface area contributed by atoms with Crippen LogP contribution in [0.3, 0.4) is 0 Å². The zero-order chi connectivity index (χ0) is 30.6. The van der Waals surface area contributed by atoms with Gasteiger partial charge < -0.3 is 18.9 Å². The minimum atomic E-state index is -0.706. The molecule has 0 bridgehead atoms. The van der Waals surface area contributed by atoms with Crippen LogP contribution < -0.4 is 9.80 Å². The number of ether oxygens (including phenoxy) is 4. The number of benzene rings is 2. The fourth-order valence-electron chi connectivity index (χ4n) is 4.38. The Morgan fingerprint density at radius 2 is 0.875 bits per heavy atom. The van der Waals surface area contributed by atoms with Crippen LogP contribution >= 0.6 is 0 Å². The smallest absolute Gasteiger partial charge is 0.328 e. The van der Waals surface area contributed by atoms with Gasteiger partial charge in [-0.15, -0.1) is 0 Å². The van der Waals surface area contributed by atoms with Crippen LogP contribution in [0.2, 0.25) is 0 Å². The molecule has 0 fully saturated rings. The molecular formula is C30H42N2O8. The van der Waals surface area contributed by atoms with Crippen LogP contribution in [0, 0.1) is 27.7 Å². The number of para-hydroxylation sites is 2. The number of amides is 2. The Morgan fingerprint density at radius 3 is 1.10 bits per heavy atom. The normalized spacial score (nSPS) is 11.8. The van der Waals surface area contributed by atoms with E-state index < -0.39 is 24.0 Å². The van der Waals surface area contributed by atoms with E-state index in [1.165, 1.54) is 38.2 Å². The average Bonchev–Trinajstić information content (AvgIpc) is 2.91. The number of carbonyl (C=O) groups excluding carboxylic acids is 4. The van der Waals surface area contributed by atoms with Crippen LogP contribution in [-0.2, 0) is 38.1 Å². The maximum Gasteiger partial charge on any atom is 0.328 e. The summed E-state index contributed by atoms with van der Waals surface area (Å²) in [6, 6.07) is 10.0. The van der Waals surface area contributed by atoms with Crippen molar-refractivity contribution in [2.24, 2.45) is 0 Å². The van der Waals surface area contributed by atoms with Crippen molar-refractivity contribution in [2.75, 3.05) is 51.5 Å². The molecule has 2 aromatic carbocycles. The molecule has 2 amide bonds. The highest BCUT2D eigenvalue weighted by molar-refractivity contribution is 6.02. The summed E-state index contributed by atoms with van der Waals surface area (Å²) in [6.45, 7) is 10.7. The summed E-state index contributed by atoms with van der Waals surface area (Å²) in [7, 11) is 5.51. The predicted molar refractivity (Wildman–Crippen MR) is 154 cm³/mol. The highest BCUT2D eigenvalue weighted by Gasteiger charge is 2.31. The van der Waals surface area contributed by atoms with Gasteiger partial charge in [-0.3, -0.25) is 19.4 Å². The molecule has 40 heavy (non-hydrogen) atoms. The van der Waals surface area contributed by atoms with Gasteiger partial charge in [-0.1, -0.05) is 36.4 Å². The summed E-state index contributed by atoms with van der Waals surface area (Å²) in [5.74, 6) is -1.47. The molecule has 1 unspecified atom stereocenters. The Hall–Kier alpha value is -3.76. The number of nitrogens with zero attached hydrogens (tertiary/aromatic N) is 2. The number of methoxy groups -OCH3 is 4. The lowest BCUT2D eigenvalue weighted by molar-refractivity contribution is -0.143. The van der Waals surface area contributed by atoms with E-state index in [2.05, 4.69) is 0 Å². The molecule has 0 radical (unpaired) electrons. The third kappa shape index (κ3) is 8.62. The number of anilines is 2. The first-order chi connectivity index (χ1) is 18.9. The third-order valence-corrected chi connectivity index (χ3v) is 6.29. The Kier molecular flexibility index (Phi) is 14.0. The molecule has 0 heterocycles. The Morgan fingerprint density at radius 1 is 0.600 bits per heavy atom. The molecule has 0 aromatic heterocycles. The van der Waals surface area contributed by atoms with Crippen molar-refractivity contribution in [3.05, 3.63) is 58.7 Å². The second-order valence-electron chi connectivity index (χ2n) is 9.27. The Balaban J connectivity index is 0.000000400. The van der Waals surface area contributed by atoms with Crippen molar-refractivity contribution in [1.82, 2.24) is 0 Å². The number of aryl methyl sites for hydroxylation is 4. The van der Waals surface area contributed by atoms with Gasteiger partial charge in [0, 0.05) is 14.2 Å². The molecule has 10 heteroatoms. The molecule has 0 N–H and O–H groups in total. The lowest BCUT2D eigenvalue weighted by Crippen LogP contribution is -2.46. The highest BCUT2D eigenvalue weighted by Crippen LogP contribution is 2.28. The van der Waals surface area contributed by atoms with E-state index in [1.54, 1.807) is 13.8 Å². The van der Waals surface area contributed by atoms with Crippen LogP contribution in [-0.4, -0.2) is 77.5 Å². The van der Waals surface area contributed by atoms with E-state index in [0.29, 0.717) is 0 Å². The van der Waals surface area contributed by atoms with Gasteiger partial charge in [-0.25, -0.2) is 9.59 Å². The molecule has 0 aliphatic carbocycles. The highest BCUT2D eigenvalue weighted by atomic mass is 16.5. The molecule has 0 aliphatic rings. The molecule has 0 spiro atoms. The van der Waals surface area contributed by atoms with Crippen molar-refractivity contribution in [1.29, 1.82) is 0 Å². The standard InChI is InChI=1S/2C15H21NO4/c2*1-10-7-6-8-11(2)14(10)16(13(17)9-19-4)12(3)15(18)20-5/h2*6-8,12H,9H2,1-5H3/t12-;/m1./s1. The lowest BCUT2D eigenvalue weighted by atomic mass is 10.1. The van der Waals surface area contributed by atoms with E-state index in [0.717, 1.165) is 33.6 Å². The molecule has 220 valence electrons. The fraction of sp³-hybridized carbons (Fsp3) is 0.467. The molecule has 2 rings (SSSR count). The predicted octanol–water partition coefficient (Wildman–Crippen LogP) is 3.69. The second-order valence-corrected chi connectivity index (χ2v) is 9.27. The van der Waals surface area contributed by atoms with E-state index in [1.807, 2.05) is 64.1 Å². The molecule has 2 aromatic rings. The molecule has 0 saturated carbocycles. The first kappa shape index (κ1) is 34.3. The van der Waals surface area contributed by atoms with Crippen LogP contribution in [0.5, 0.6) is 0 Å². The number of hydrogen-bond donors (Lipinski definition) is 0. The summed E-state index contributed by atoms with van der Waals surface area (Å²) in [4.78, 5) is 51.1. The van der Waals surface area contributed by atoms with E-state index in [4.69, 9.17) is 18.9 Å². The Bertz CT molecular complexity index is 1050. The topological polar surface area (TPSA) is 112 Å². The summed E-state index contributed by atoms with van der Waals surface area (Å²) in [6.07, 6.45) is 0. The minimum Gasteiger partial charge on any atom is -0.467 e. The van der Waals surface area contributed by atoms with Crippen LogP contribution in [0.25, 0.3) is 0 Å².